The van der Waals surface area contributed by atoms with E-state index in [0.29, 0.717) is 48.4 Å². The van der Waals surface area contributed by atoms with Gasteiger partial charge in [0.1, 0.15) is 0 Å². The van der Waals surface area contributed by atoms with Gasteiger partial charge < -0.3 is 9.42 Å². The smallest absolute Gasteiger partial charge is 0.280 e. The normalized spacial score (nSPS) is 15.1. The Morgan fingerprint density at radius 1 is 1.25 bits per heavy atom. The molecule has 0 unspecified atom stereocenters. The molecule has 4 rings (SSSR count). The Morgan fingerprint density at radius 3 is 2.68 bits per heavy atom. The Morgan fingerprint density at radius 2 is 2.00 bits per heavy atom. The Balaban J connectivity index is 1.34. The number of piperidine rings is 1. The minimum Gasteiger partial charge on any atom is -0.342 e. The summed E-state index contributed by atoms with van der Waals surface area (Å²) in [7, 11) is 0. The van der Waals surface area contributed by atoms with Crippen molar-refractivity contribution < 1.29 is 9.32 Å². The van der Waals surface area contributed by atoms with Crippen LogP contribution in [0.15, 0.2) is 35.0 Å². The molecule has 1 saturated heterocycles. The summed E-state index contributed by atoms with van der Waals surface area (Å²) in [6.07, 6.45) is 4.60. The quantitative estimate of drug-likeness (QED) is 0.654. The lowest BCUT2D eigenvalue weighted by molar-refractivity contribution is -0.131. The third-order valence-electron chi connectivity index (χ3n) is 4.97. The summed E-state index contributed by atoms with van der Waals surface area (Å²) in [5.74, 6) is 1.17. The molecule has 8 nitrogen and oxygen atoms in total. The topological polar surface area (TPSA) is 89.9 Å². The number of carbonyl (C=O) groups excluding carboxylic acids is 1. The molecule has 0 bridgehead atoms. The number of rotatable bonds is 5. The monoisotopic (exact) mass is 400 g/mol. The van der Waals surface area contributed by atoms with Crippen molar-refractivity contribution >= 4 is 17.5 Å². The van der Waals surface area contributed by atoms with Crippen molar-refractivity contribution in [1.29, 1.82) is 0 Å². The van der Waals surface area contributed by atoms with E-state index >= 15 is 0 Å². The largest absolute Gasteiger partial charge is 0.342 e. The fraction of sp³-hybridized carbons (Fsp3) is 0.421. The number of nitrogens with zero attached hydrogens (tertiary/aromatic N) is 6. The van der Waals surface area contributed by atoms with Gasteiger partial charge in [0.15, 0.2) is 11.5 Å². The van der Waals surface area contributed by atoms with E-state index in [0.717, 1.165) is 18.4 Å². The lowest BCUT2D eigenvalue weighted by Gasteiger charge is -2.32. The second kappa shape index (κ2) is 8.10. The maximum absolute atomic E-state index is 12.5. The van der Waals surface area contributed by atoms with Gasteiger partial charge in [-0.3, -0.25) is 4.79 Å². The highest BCUT2D eigenvalue weighted by atomic mass is 35.5. The fourth-order valence-corrected chi connectivity index (χ4v) is 3.45. The number of hydrogen-bond donors (Lipinski definition) is 0. The first-order valence-electron chi connectivity index (χ1n) is 9.39. The summed E-state index contributed by atoms with van der Waals surface area (Å²) < 4.78 is 7.06. The van der Waals surface area contributed by atoms with Gasteiger partial charge in [-0.25, -0.2) is 4.68 Å². The minimum atomic E-state index is 0.137. The molecular weight excluding hydrogens is 380 g/mol. The van der Waals surface area contributed by atoms with E-state index in [2.05, 4.69) is 20.5 Å². The second-order valence-electron chi connectivity index (χ2n) is 6.87. The SMILES string of the molecule is CCc1noc(-c2cn(C3CCN(C(=O)Cc4ccc(Cl)cc4)CC3)nn2)n1. The van der Waals surface area contributed by atoms with Crippen molar-refractivity contribution in [3.8, 4) is 11.6 Å². The summed E-state index contributed by atoms with van der Waals surface area (Å²) in [4.78, 5) is 18.7. The molecule has 2 aromatic heterocycles. The zero-order valence-corrected chi connectivity index (χ0v) is 16.3. The van der Waals surface area contributed by atoms with E-state index in [1.165, 1.54) is 0 Å². The van der Waals surface area contributed by atoms with Crippen molar-refractivity contribution in [2.24, 2.45) is 0 Å². The number of halogens is 1. The van der Waals surface area contributed by atoms with Crippen LogP contribution in [0.3, 0.4) is 0 Å². The molecule has 146 valence electrons. The number of carbonyl (C=O) groups is 1. The van der Waals surface area contributed by atoms with Crippen LogP contribution in [-0.2, 0) is 17.6 Å². The Bertz CT molecular complexity index is 944. The molecule has 28 heavy (non-hydrogen) atoms. The maximum Gasteiger partial charge on any atom is 0.280 e. The summed E-state index contributed by atoms with van der Waals surface area (Å²) in [6, 6.07) is 7.61. The molecule has 0 spiro atoms. The molecule has 1 aromatic carbocycles. The maximum atomic E-state index is 12.5. The van der Waals surface area contributed by atoms with Gasteiger partial charge in [-0.05, 0) is 30.5 Å². The van der Waals surface area contributed by atoms with Crippen molar-refractivity contribution in [1.82, 2.24) is 30.0 Å². The van der Waals surface area contributed by atoms with Gasteiger partial charge >= 0.3 is 0 Å². The number of aromatic nitrogens is 5. The van der Waals surface area contributed by atoms with Gasteiger partial charge in [-0.2, -0.15) is 4.98 Å². The Labute approximate surface area is 167 Å². The van der Waals surface area contributed by atoms with Crippen LogP contribution in [0.1, 0.15) is 37.2 Å². The van der Waals surface area contributed by atoms with Crippen molar-refractivity contribution in [2.75, 3.05) is 13.1 Å². The predicted octanol–water partition coefficient (Wildman–Crippen LogP) is 2.95. The van der Waals surface area contributed by atoms with Crippen LogP contribution in [0, 0.1) is 0 Å². The van der Waals surface area contributed by atoms with Crippen LogP contribution in [0.5, 0.6) is 0 Å². The van der Waals surface area contributed by atoms with Gasteiger partial charge in [0.05, 0.1) is 18.7 Å². The molecular formula is C19H21ClN6O2. The minimum absolute atomic E-state index is 0.137. The highest BCUT2D eigenvalue weighted by Gasteiger charge is 2.25. The Hall–Kier alpha value is -2.74. The summed E-state index contributed by atoms with van der Waals surface area (Å²) in [6.45, 7) is 3.37. The van der Waals surface area contributed by atoms with Crippen molar-refractivity contribution in [3.63, 3.8) is 0 Å². The number of amides is 1. The first-order valence-corrected chi connectivity index (χ1v) is 9.77. The average Bonchev–Trinajstić information content (AvgIpc) is 3.39. The molecule has 3 aromatic rings. The molecule has 0 atom stereocenters. The predicted molar refractivity (Wildman–Crippen MR) is 103 cm³/mol. The van der Waals surface area contributed by atoms with Gasteiger partial charge in [0.25, 0.3) is 5.89 Å². The highest BCUT2D eigenvalue weighted by molar-refractivity contribution is 6.30. The molecule has 3 heterocycles. The number of likely N-dealkylation sites (tertiary alicyclic amines) is 1. The van der Waals surface area contributed by atoms with Crippen molar-refractivity contribution in [2.45, 2.75) is 38.6 Å². The third kappa shape index (κ3) is 4.06. The first-order chi connectivity index (χ1) is 13.6. The summed E-state index contributed by atoms with van der Waals surface area (Å²) in [5.41, 5.74) is 1.55. The number of aryl methyl sites for hydroxylation is 1. The lowest BCUT2D eigenvalue weighted by Crippen LogP contribution is -2.40. The van der Waals surface area contributed by atoms with Crippen molar-refractivity contribution in [3.05, 3.63) is 46.9 Å². The molecule has 0 radical (unpaired) electrons. The Kier molecular flexibility index (Phi) is 5.38. The van der Waals surface area contributed by atoms with Crippen LogP contribution < -0.4 is 0 Å². The van der Waals surface area contributed by atoms with E-state index in [9.17, 15) is 4.79 Å². The standard InChI is InChI=1S/C19H21ClN6O2/c1-2-17-21-19(28-23-17)16-12-26(24-22-16)15-7-9-25(10-8-15)18(27)11-13-3-5-14(20)6-4-13/h3-6,12,15H,2,7-11H2,1H3. The van der Waals surface area contributed by atoms with Crippen LogP contribution >= 0.6 is 11.6 Å². The molecule has 1 amide bonds. The number of benzene rings is 1. The van der Waals surface area contributed by atoms with Crippen LogP contribution in [-0.4, -0.2) is 49.0 Å². The lowest BCUT2D eigenvalue weighted by atomic mass is 10.0. The van der Waals surface area contributed by atoms with Gasteiger partial charge in [0, 0.05) is 24.5 Å². The highest BCUT2D eigenvalue weighted by Crippen LogP contribution is 2.24. The van der Waals surface area contributed by atoms with Crippen LogP contribution in [0.4, 0.5) is 0 Å². The zero-order chi connectivity index (χ0) is 19.5. The van der Waals surface area contributed by atoms with Gasteiger partial charge in [-0.1, -0.05) is 41.0 Å². The molecule has 0 saturated carbocycles. The van der Waals surface area contributed by atoms with E-state index in [1.807, 2.05) is 47.0 Å². The summed E-state index contributed by atoms with van der Waals surface area (Å²) in [5, 5.41) is 12.9. The van der Waals surface area contributed by atoms with Gasteiger partial charge in [0.2, 0.25) is 5.91 Å². The average molecular weight is 401 g/mol. The summed E-state index contributed by atoms with van der Waals surface area (Å²) >= 11 is 5.90. The van der Waals surface area contributed by atoms with E-state index in [4.69, 9.17) is 16.1 Å². The molecule has 9 heteroatoms. The molecule has 1 aliphatic heterocycles. The van der Waals surface area contributed by atoms with E-state index < -0.39 is 0 Å². The van der Waals surface area contributed by atoms with Crippen LogP contribution in [0.25, 0.3) is 11.6 Å². The molecule has 0 N–H and O–H groups in total. The third-order valence-corrected chi connectivity index (χ3v) is 5.23. The molecule has 1 fully saturated rings. The molecule has 1 aliphatic rings. The fourth-order valence-electron chi connectivity index (χ4n) is 3.32. The molecule has 0 aliphatic carbocycles. The second-order valence-corrected chi connectivity index (χ2v) is 7.30. The number of hydrogen-bond acceptors (Lipinski definition) is 6. The van der Waals surface area contributed by atoms with E-state index in [1.54, 1.807) is 0 Å². The van der Waals surface area contributed by atoms with Crippen LogP contribution in [0.2, 0.25) is 5.02 Å². The van der Waals surface area contributed by atoms with E-state index in [-0.39, 0.29) is 11.9 Å². The van der Waals surface area contributed by atoms with Gasteiger partial charge in [-0.15, -0.1) is 5.10 Å². The zero-order valence-electron chi connectivity index (χ0n) is 15.6. The first kappa shape index (κ1) is 18.6.